The van der Waals surface area contributed by atoms with Crippen LogP contribution in [-0.4, -0.2) is 41.6 Å². The summed E-state index contributed by atoms with van der Waals surface area (Å²) in [7, 11) is 1.63. The Kier molecular flexibility index (Phi) is 6.17. The van der Waals surface area contributed by atoms with Crippen LogP contribution in [0.5, 0.6) is 0 Å². The van der Waals surface area contributed by atoms with Crippen LogP contribution in [0.15, 0.2) is 12.7 Å². The van der Waals surface area contributed by atoms with Crippen molar-refractivity contribution in [2.75, 3.05) is 13.6 Å². The summed E-state index contributed by atoms with van der Waals surface area (Å²) in [5, 5.41) is 11.1. The van der Waals surface area contributed by atoms with Crippen LogP contribution in [-0.2, 0) is 4.79 Å². The zero-order valence-electron chi connectivity index (χ0n) is 9.19. The van der Waals surface area contributed by atoms with Gasteiger partial charge in [0.25, 0.3) is 0 Å². The summed E-state index contributed by atoms with van der Waals surface area (Å²) < 4.78 is 0. The van der Waals surface area contributed by atoms with Gasteiger partial charge in [0.05, 0.1) is 0 Å². The van der Waals surface area contributed by atoms with E-state index in [4.69, 9.17) is 5.11 Å². The van der Waals surface area contributed by atoms with E-state index in [-0.39, 0.29) is 18.5 Å². The van der Waals surface area contributed by atoms with Gasteiger partial charge in [-0.25, -0.2) is 4.79 Å². The molecule has 86 valence electrons. The number of carboxylic acids is 1. The van der Waals surface area contributed by atoms with E-state index in [0.717, 1.165) is 0 Å². The van der Waals surface area contributed by atoms with Gasteiger partial charge in [0.15, 0.2) is 0 Å². The minimum Gasteiger partial charge on any atom is -0.481 e. The van der Waals surface area contributed by atoms with Gasteiger partial charge >= 0.3 is 12.0 Å². The van der Waals surface area contributed by atoms with Gasteiger partial charge in [-0.15, -0.1) is 6.58 Å². The molecule has 15 heavy (non-hydrogen) atoms. The van der Waals surface area contributed by atoms with Gasteiger partial charge < -0.3 is 15.3 Å². The minimum absolute atomic E-state index is 0.0780. The Morgan fingerprint density at radius 1 is 1.60 bits per heavy atom. The first-order valence-corrected chi connectivity index (χ1v) is 4.83. The van der Waals surface area contributed by atoms with E-state index in [1.165, 1.54) is 4.90 Å². The average molecular weight is 214 g/mol. The SMILES string of the molecule is C=CC(C)NC(=O)N(C)CCCC(=O)O. The number of urea groups is 1. The summed E-state index contributed by atoms with van der Waals surface area (Å²) in [6, 6.07) is -0.299. The van der Waals surface area contributed by atoms with E-state index >= 15 is 0 Å². The number of nitrogens with one attached hydrogen (secondary N) is 1. The third kappa shape index (κ3) is 6.54. The molecule has 2 amide bonds. The molecule has 0 aliphatic rings. The summed E-state index contributed by atoms with van der Waals surface area (Å²) in [6.45, 7) is 5.80. The standard InChI is InChI=1S/C10H18N2O3/c1-4-8(2)11-10(15)12(3)7-5-6-9(13)14/h4,8H,1,5-7H2,2-3H3,(H,11,15)(H,13,14). The molecular weight excluding hydrogens is 196 g/mol. The number of carbonyl (C=O) groups is 2. The Morgan fingerprint density at radius 3 is 2.67 bits per heavy atom. The Morgan fingerprint density at radius 2 is 2.20 bits per heavy atom. The van der Waals surface area contributed by atoms with Crippen molar-refractivity contribution >= 4 is 12.0 Å². The number of aliphatic carboxylic acids is 1. The van der Waals surface area contributed by atoms with E-state index in [2.05, 4.69) is 11.9 Å². The summed E-state index contributed by atoms with van der Waals surface area (Å²) in [5.74, 6) is -0.844. The smallest absolute Gasteiger partial charge is 0.317 e. The molecule has 0 heterocycles. The summed E-state index contributed by atoms with van der Waals surface area (Å²) in [4.78, 5) is 23.1. The highest BCUT2D eigenvalue weighted by molar-refractivity contribution is 5.74. The van der Waals surface area contributed by atoms with Crippen molar-refractivity contribution in [1.82, 2.24) is 10.2 Å². The second-order valence-electron chi connectivity index (χ2n) is 3.39. The van der Waals surface area contributed by atoms with Crippen molar-refractivity contribution in [3.8, 4) is 0 Å². The molecule has 0 aliphatic heterocycles. The lowest BCUT2D eigenvalue weighted by Gasteiger charge is -2.19. The van der Waals surface area contributed by atoms with Crippen LogP contribution in [0.4, 0.5) is 4.79 Å². The normalized spacial score (nSPS) is 11.6. The summed E-state index contributed by atoms with van der Waals surface area (Å²) in [5.41, 5.74) is 0. The van der Waals surface area contributed by atoms with Crippen LogP contribution >= 0.6 is 0 Å². The Labute approximate surface area is 89.8 Å². The molecular formula is C10H18N2O3. The molecule has 0 bridgehead atoms. The predicted molar refractivity (Wildman–Crippen MR) is 57.7 cm³/mol. The first-order chi connectivity index (χ1) is 6.97. The van der Waals surface area contributed by atoms with Crippen LogP contribution in [0.3, 0.4) is 0 Å². The molecule has 2 N–H and O–H groups in total. The van der Waals surface area contributed by atoms with Gasteiger partial charge in [0.1, 0.15) is 0 Å². The predicted octanol–water partition coefficient (Wildman–Crippen LogP) is 1.07. The lowest BCUT2D eigenvalue weighted by Crippen LogP contribution is -2.41. The third-order valence-corrected chi connectivity index (χ3v) is 1.94. The van der Waals surface area contributed by atoms with Gasteiger partial charge in [-0.3, -0.25) is 4.79 Å². The molecule has 0 saturated carbocycles. The van der Waals surface area contributed by atoms with Crippen LogP contribution in [0.1, 0.15) is 19.8 Å². The van der Waals surface area contributed by atoms with Crippen molar-refractivity contribution in [3.05, 3.63) is 12.7 Å². The molecule has 0 radical (unpaired) electrons. The quantitative estimate of drug-likeness (QED) is 0.650. The van der Waals surface area contributed by atoms with E-state index in [1.807, 2.05) is 6.92 Å². The zero-order chi connectivity index (χ0) is 11.8. The molecule has 0 aromatic carbocycles. The fraction of sp³-hybridized carbons (Fsp3) is 0.600. The molecule has 0 aromatic heterocycles. The van der Waals surface area contributed by atoms with Crippen LogP contribution in [0.2, 0.25) is 0 Å². The molecule has 0 spiro atoms. The molecule has 1 atom stereocenters. The van der Waals surface area contributed by atoms with E-state index in [1.54, 1.807) is 13.1 Å². The number of hydrogen-bond donors (Lipinski definition) is 2. The molecule has 1 unspecified atom stereocenters. The van der Waals surface area contributed by atoms with Gasteiger partial charge in [-0.2, -0.15) is 0 Å². The lowest BCUT2D eigenvalue weighted by molar-refractivity contribution is -0.137. The van der Waals surface area contributed by atoms with Crippen molar-refractivity contribution in [2.24, 2.45) is 0 Å². The fourth-order valence-electron chi connectivity index (χ4n) is 0.933. The largest absolute Gasteiger partial charge is 0.481 e. The van der Waals surface area contributed by atoms with Crippen molar-refractivity contribution in [1.29, 1.82) is 0 Å². The molecule has 5 nitrogen and oxygen atoms in total. The van der Waals surface area contributed by atoms with Crippen LogP contribution in [0.25, 0.3) is 0 Å². The highest BCUT2D eigenvalue weighted by Crippen LogP contribution is 1.94. The summed E-state index contributed by atoms with van der Waals surface area (Å²) in [6.07, 6.45) is 2.17. The molecule has 0 fully saturated rings. The van der Waals surface area contributed by atoms with Gasteiger partial charge in [0.2, 0.25) is 0 Å². The maximum atomic E-state index is 11.4. The van der Waals surface area contributed by atoms with E-state index in [9.17, 15) is 9.59 Å². The summed E-state index contributed by atoms with van der Waals surface area (Å²) >= 11 is 0. The van der Waals surface area contributed by atoms with Gasteiger partial charge in [-0.1, -0.05) is 6.08 Å². The number of rotatable bonds is 6. The molecule has 5 heteroatoms. The van der Waals surface area contributed by atoms with Gasteiger partial charge in [-0.05, 0) is 13.3 Å². The second-order valence-corrected chi connectivity index (χ2v) is 3.39. The highest BCUT2D eigenvalue weighted by atomic mass is 16.4. The fourth-order valence-corrected chi connectivity index (χ4v) is 0.933. The number of hydrogen-bond acceptors (Lipinski definition) is 2. The van der Waals surface area contributed by atoms with E-state index in [0.29, 0.717) is 13.0 Å². The minimum atomic E-state index is -0.844. The second kappa shape index (κ2) is 6.86. The zero-order valence-corrected chi connectivity index (χ0v) is 9.19. The maximum absolute atomic E-state index is 11.4. The monoisotopic (exact) mass is 214 g/mol. The lowest BCUT2D eigenvalue weighted by atomic mass is 10.3. The maximum Gasteiger partial charge on any atom is 0.317 e. The van der Waals surface area contributed by atoms with Gasteiger partial charge in [0, 0.05) is 26.1 Å². The number of amides is 2. The Bertz CT molecular complexity index is 241. The van der Waals surface area contributed by atoms with Crippen molar-refractivity contribution in [2.45, 2.75) is 25.8 Å². The van der Waals surface area contributed by atoms with Crippen LogP contribution in [0, 0.1) is 0 Å². The number of nitrogens with zero attached hydrogens (tertiary/aromatic N) is 1. The van der Waals surface area contributed by atoms with E-state index < -0.39 is 5.97 Å². The highest BCUT2D eigenvalue weighted by Gasteiger charge is 2.09. The molecule has 0 aromatic rings. The average Bonchev–Trinajstić information content (AvgIpc) is 2.16. The Hall–Kier alpha value is -1.52. The Balaban J connectivity index is 3.78. The first-order valence-electron chi connectivity index (χ1n) is 4.83. The van der Waals surface area contributed by atoms with Crippen molar-refractivity contribution in [3.63, 3.8) is 0 Å². The first kappa shape index (κ1) is 13.5. The molecule has 0 rings (SSSR count). The van der Waals surface area contributed by atoms with Crippen molar-refractivity contribution < 1.29 is 14.7 Å². The molecule has 0 saturated heterocycles. The topological polar surface area (TPSA) is 69.6 Å². The number of carbonyl (C=O) groups excluding carboxylic acids is 1. The van der Waals surface area contributed by atoms with Crippen LogP contribution < -0.4 is 5.32 Å². The number of carboxylic acid groups (broad SMARTS) is 1. The molecule has 0 aliphatic carbocycles. The third-order valence-electron chi connectivity index (χ3n) is 1.94.